The number of hydrogen-bond acceptors (Lipinski definition) is 2. The Balaban J connectivity index is 1.56. The highest BCUT2D eigenvalue weighted by Gasteiger charge is 2.11. The highest BCUT2D eigenvalue weighted by molar-refractivity contribution is 5.47. The summed E-state index contributed by atoms with van der Waals surface area (Å²) in [5.74, 6) is 1.76. The molecule has 22 heavy (non-hydrogen) atoms. The van der Waals surface area contributed by atoms with Crippen LogP contribution in [-0.2, 0) is 0 Å². The van der Waals surface area contributed by atoms with Crippen LogP contribution in [0.5, 0.6) is 11.5 Å². The normalized spacial score (nSPS) is 16.5. The third-order valence-corrected chi connectivity index (χ3v) is 4.31. The van der Waals surface area contributed by atoms with Crippen molar-refractivity contribution >= 4 is 5.69 Å². The summed E-state index contributed by atoms with van der Waals surface area (Å²) < 4.78 is 5.83. The zero-order chi connectivity index (χ0) is 15.0. The average molecular weight is 295 g/mol. The third kappa shape index (κ3) is 4.52. The second-order valence-electron chi connectivity index (χ2n) is 6.13. The maximum Gasteiger partial charge on any atom is 0.127 e. The number of nitrogens with one attached hydrogen (secondary N) is 1. The summed E-state index contributed by atoms with van der Waals surface area (Å²) in [6.07, 6.45) is 9.49. The van der Waals surface area contributed by atoms with Crippen LogP contribution in [0.25, 0.3) is 0 Å². The van der Waals surface area contributed by atoms with E-state index < -0.39 is 0 Å². The minimum absolute atomic E-state index is 0.626. The molecular weight excluding hydrogens is 270 g/mol. The van der Waals surface area contributed by atoms with E-state index in [1.54, 1.807) is 0 Å². The summed E-state index contributed by atoms with van der Waals surface area (Å²) in [5, 5.41) is 3.68. The monoisotopic (exact) mass is 295 g/mol. The van der Waals surface area contributed by atoms with Gasteiger partial charge < -0.3 is 10.1 Å². The van der Waals surface area contributed by atoms with E-state index in [0.29, 0.717) is 6.04 Å². The fourth-order valence-corrected chi connectivity index (χ4v) is 3.08. The number of ether oxygens (including phenoxy) is 1. The van der Waals surface area contributed by atoms with E-state index >= 15 is 0 Å². The van der Waals surface area contributed by atoms with Crippen molar-refractivity contribution in [3.8, 4) is 11.5 Å². The van der Waals surface area contributed by atoms with Gasteiger partial charge in [0.05, 0.1) is 0 Å². The van der Waals surface area contributed by atoms with Crippen molar-refractivity contribution in [2.24, 2.45) is 0 Å². The molecule has 0 spiro atoms. The Labute approximate surface area is 133 Å². The highest BCUT2D eigenvalue weighted by Crippen LogP contribution is 2.25. The number of para-hydroxylation sites is 1. The first-order chi connectivity index (χ1) is 10.9. The number of anilines is 1. The van der Waals surface area contributed by atoms with Crippen molar-refractivity contribution in [1.29, 1.82) is 0 Å². The van der Waals surface area contributed by atoms with Gasteiger partial charge in [-0.05, 0) is 49.2 Å². The van der Waals surface area contributed by atoms with Crippen LogP contribution >= 0.6 is 0 Å². The number of benzene rings is 2. The predicted molar refractivity (Wildman–Crippen MR) is 92.7 cm³/mol. The maximum atomic E-state index is 5.83. The second kappa shape index (κ2) is 7.88. The molecule has 3 rings (SSSR count). The first-order valence-electron chi connectivity index (χ1n) is 8.50. The SMILES string of the molecule is c1ccc(Oc2ccc(NC3CCCCCCC3)cc2)cc1. The molecule has 1 saturated carbocycles. The molecular formula is C20H25NO. The molecule has 0 aromatic heterocycles. The lowest BCUT2D eigenvalue weighted by Gasteiger charge is -2.22. The average Bonchev–Trinajstić information content (AvgIpc) is 2.53. The molecule has 0 amide bonds. The van der Waals surface area contributed by atoms with Gasteiger partial charge in [0.25, 0.3) is 0 Å². The fraction of sp³-hybridized carbons (Fsp3) is 0.400. The molecule has 2 aromatic rings. The molecule has 1 aliphatic rings. The van der Waals surface area contributed by atoms with Gasteiger partial charge in [-0.3, -0.25) is 0 Å². The Hall–Kier alpha value is -1.96. The molecule has 0 aliphatic heterocycles. The van der Waals surface area contributed by atoms with Crippen molar-refractivity contribution in [3.63, 3.8) is 0 Å². The van der Waals surface area contributed by atoms with E-state index in [0.717, 1.165) is 11.5 Å². The smallest absolute Gasteiger partial charge is 0.127 e. The zero-order valence-corrected chi connectivity index (χ0v) is 13.1. The van der Waals surface area contributed by atoms with Crippen molar-refractivity contribution < 1.29 is 4.74 Å². The minimum Gasteiger partial charge on any atom is -0.457 e. The molecule has 116 valence electrons. The molecule has 1 fully saturated rings. The highest BCUT2D eigenvalue weighted by atomic mass is 16.5. The van der Waals surface area contributed by atoms with Gasteiger partial charge in [0.15, 0.2) is 0 Å². The van der Waals surface area contributed by atoms with Gasteiger partial charge in [0, 0.05) is 11.7 Å². The Morgan fingerprint density at radius 2 is 1.27 bits per heavy atom. The Morgan fingerprint density at radius 1 is 0.682 bits per heavy atom. The molecule has 0 atom stereocenters. The molecule has 2 heteroatoms. The van der Waals surface area contributed by atoms with Crippen molar-refractivity contribution in [2.45, 2.75) is 51.0 Å². The quantitative estimate of drug-likeness (QED) is 0.746. The first-order valence-corrected chi connectivity index (χ1v) is 8.50. The Kier molecular flexibility index (Phi) is 5.36. The van der Waals surface area contributed by atoms with Gasteiger partial charge in [-0.15, -0.1) is 0 Å². The van der Waals surface area contributed by atoms with Crippen LogP contribution in [0, 0.1) is 0 Å². The topological polar surface area (TPSA) is 21.3 Å². The number of rotatable bonds is 4. The Morgan fingerprint density at radius 3 is 1.95 bits per heavy atom. The molecule has 0 heterocycles. The lowest BCUT2D eigenvalue weighted by Crippen LogP contribution is -2.20. The van der Waals surface area contributed by atoms with Crippen LogP contribution in [0.1, 0.15) is 44.9 Å². The summed E-state index contributed by atoms with van der Waals surface area (Å²) >= 11 is 0. The van der Waals surface area contributed by atoms with Gasteiger partial charge in [0.2, 0.25) is 0 Å². The molecule has 2 aromatic carbocycles. The van der Waals surface area contributed by atoms with Gasteiger partial charge in [-0.1, -0.05) is 50.3 Å². The van der Waals surface area contributed by atoms with E-state index in [-0.39, 0.29) is 0 Å². The summed E-state index contributed by atoms with van der Waals surface area (Å²) in [6.45, 7) is 0. The van der Waals surface area contributed by atoms with Gasteiger partial charge in [-0.2, -0.15) is 0 Å². The van der Waals surface area contributed by atoms with E-state index in [2.05, 4.69) is 17.4 Å². The third-order valence-electron chi connectivity index (χ3n) is 4.31. The lowest BCUT2D eigenvalue weighted by molar-refractivity contribution is 0.471. The molecule has 0 bridgehead atoms. The molecule has 0 saturated heterocycles. The molecule has 1 aliphatic carbocycles. The summed E-state index contributed by atoms with van der Waals surface area (Å²) in [4.78, 5) is 0. The lowest BCUT2D eigenvalue weighted by atomic mass is 9.96. The minimum atomic E-state index is 0.626. The van der Waals surface area contributed by atoms with Crippen LogP contribution in [0.4, 0.5) is 5.69 Å². The Bertz CT molecular complexity index is 542. The van der Waals surface area contributed by atoms with Crippen molar-refractivity contribution in [1.82, 2.24) is 0 Å². The second-order valence-corrected chi connectivity index (χ2v) is 6.13. The van der Waals surface area contributed by atoms with Crippen LogP contribution in [-0.4, -0.2) is 6.04 Å². The molecule has 0 unspecified atom stereocenters. The predicted octanol–water partition coefficient (Wildman–Crippen LogP) is 6.00. The van der Waals surface area contributed by atoms with E-state index in [4.69, 9.17) is 4.74 Å². The summed E-state index contributed by atoms with van der Waals surface area (Å²) in [6, 6.07) is 18.9. The van der Waals surface area contributed by atoms with Gasteiger partial charge in [0.1, 0.15) is 11.5 Å². The standard InChI is InChI=1S/C20H25NO/c1-2-5-9-17(10-6-3-1)21-18-13-15-20(16-14-18)22-19-11-7-4-8-12-19/h4,7-8,11-17,21H,1-3,5-6,9-10H2. The van der Waals surface area contributed by atoms with Crippen LogP contribution < -0.4 is 10.1 Å². The van der Waals surface area contributed by atoms with Gasteiger partial charge in [-0.25, -0.2) is 0 Å². The maximum absolute atomic E-state index is 5.83. The van der Waals surface area contributed by atoms with Crippen molar-refractivity contribution in [2.75, 3.05) is 5.32 Å². The zero-order valence-electron chi connectivity index (χ0n) is 13.1. The van der Waals surface area contributed by atoms with Crippen LogP contribution in [0.3, 0.4) is 0 Å². The summed E-state index contributed by atoms with van der Waals surface area (Å²) in [7, 11) is 0. The molecule has 0 radical (unpaired) electrons. The first kappa shape index (κ1) is 15.0. The largest absolute Gasteiger partial charge is 0.457 e. The number of hydrogen-bond donors (Lipinski definition) is 1. The fourth-order valence-electron chi connectivity index (χ4n) is 3.08. The van der Waals surface area contributed by atoms with Crippen LogP contribution in [0.15, 0.2) is 54.6 Å². The van der Waals surface area contributed by atoms with E-state index in [9.17, 15) is 0 Å². The summed E-state index contributed by atoms with van der Waals surface area (Å²) in [5.41, 5.74) is 1.20. The van der Waals surface area contributed by atoms with Crippen molar-refractivity contribution in [3.05, 3.63) is 54.6 Å². The molecule has 1 N–H and O–H groups in total. The van der Waals surface area contributed by atoms with E-state index in [1.807, 2.05) is 42.5 Å². The van der Waals surface area contributed by atoms with Gasteiger partial charge >= 0.3 is 0 Å². The molecule has 2 nitrogen and oxygen atoms in total. The van der Waals surface area contributed by atoms with E-state index in [1.165, 1.54) is 50.6 Å². The van der Waals surface area contributed by atoms with Crippen LogP contribution in [0.2, 0.25) is 0 Å².